The van der Waals surface area contributed by atoms with E-state index in [-0.39, 0.29) is 24.2 Å². The van der Waals surface area contributed by atoms with Gasteiger partial charge in [-0.25, -0.2) is 0 Å². The Labute approximate surface area is 133 Å². The predicted octanol–water partition coefficient (Wildman–Crippen LogP) is 2.04. The molecule has 0 aromatic heterocycles. The Morgan fingerprint density at radius 3 is 2.71 bits per heavy atom. The van der Waals surface area contributed by atoms with Gasteiger partial charge in [0, 0.05) is 26.7 Å². The number of benzene rings is 1. The standard InChI is InChI=1S/C16H24N2O2.ClH/c1-18(11-13-6-5-9-20-12-13)16(19)15(10-17)14-7-3-2-4-8-14;/h2-4,7-8,13,15H,5-6,9-12,17H2,1H3;1H. The normalized spacial score (nSPS) is 19.4. The summed E-state index contributed by atoms with van der Waals surface area (Å²) in [4.78, 5) is 14.4. The van der Waals surface area contributed by atoms with E-state index in [0.717, 1.165) is 38.2 Å². The molecule has 1 heterocycles. The first-order valence-corrected chi connectivity index (χ1v) is 7.30. The fraction of sp³-hybridized carbons (Fsp3) is 0.562. The van der Waals surface area contributed by atoms with Gasteiger partial charge in [-0.3, -0.25) is 4.79 Å². The van der Waals surface area contributed by atoms with Crippen molar-refractivity contribution < 1.29 is 9.53 Å². The summed E-state index contributed by atoms with van der Waals surface area (Å²) in [5.41, 5.74) is 6.80. The lowest BCUT2D eigenvalue weighted by molar-refractivity contribution is -0.132. The van der Waals surface area contributed by atoms with E-state index in [9.17, 15) is 4.79 Å². The molecule has 0 saturated carbocycles. The Kier molecular flexibility index (Phi) is 7.72. The molecule has 5 heteroatoms. The summed E-state index contributed by atoms with van der Waals surface area (Å²) >= 11 is 0. The van der Waals surface area contributed by atoms with Crippen LogP contribution in [0.5, 0.6) is 0 Å². The van der Waals surface area contributed by atoms with E-state index < -0.39 is 0 Å². The van der Waals surface area contributed by atoms with Crippen LogP contribution in [0.25, 0.3) is 0 Å². The van der Waals surface area contributed by atoms with Gasteiger partial charge in [-0.05, 0) is 24.3 Å². The second-order valence-electron chi connectivity index (χ2n) is 5.50. The molecule has 0 aliphatic carbocycles. The van der Waals surface area contributed by atoms with Gasteiger partial charge in [-0.2, -0.15) is 0 Å². The summed E-state index contributed by atoms with van der Waals surface area (Å²) in [6.07, 6.45) is 2.22. The largest absolute Gasteiger partial charge is 0.381 e. The Bertz CT molecular complexity index is 422. The molecule has 0 radical (unpaired) electrons. The van der Waals surface area contributed by atoms with Gasteiger partial charge in [0.2, 0.25) is 5.91 Å². The Hall–Kier alpha value is -1.10. The smallest absolute Gasteiger partial charge is 0.231 e. The summed E-state index contributed by atoms with van der Waals surface area (Å²) in [6, 6.07) is 9.77. The van der Waals surface area contributed by atoms with E-state index in [1.165, 1.54) is 0 Å². The van der Waals surface area contributed by atoms with Crippen molar-refractivity contribution in [3.8, 4) is 0 Å². The zero-order valence-corrected chi connectivity index (χ0v) is 13.3. The number of ether oxygens (including phenoxy) is 1. The van der Waals surface area contributed by atoms with Crippen LogP contribution in [0, 0.1) is 5.92 Å². The number of nitrogens with zero attached hydrogens (tertiary/aromatic N) is 1. The van der Waals surface area contributed by atoms with Crippen LogP contribution in [-0.4, -0.2) is 44.2 Å². The highest BCUT2D eigenvalue weighted by molar-refractivity contribution is 5.85. The monoisotopic (exact) mass is 312 g/mol. The Morgan fingerprint density at radius 1 is 1.43 bits per heavy atom. The van der Waals surface area contributed by atoms with Gasteiger partial charge in [0.15, 0.2) is 0 Å². The topological polar surface area (TPSA) is 55.6 Å². The van der Waals surface area contributed by atoms with Gasteiger partial charge in [0.1, 0.15) is 0 Å². The van der Waals surface area contributed by atoms with Gasteiger partial charge < -0.3 is 15.4 Å². The van der Waals surface area contributed by atoms with Crippen LogP contribution < -0.4 is 5.73 Å². The van der Waals surface area contributed by atoms with Crippen LogP contribution in [0.2, 0.25) is 0 Å². The van der Waals surface area contributed by atoms with Crippen LogP contribution in [0.1, 0.15) is 24.3 Å². The van der Waals surface area contributed by atoms with Crippen molar-refractivity contribution >= 4 is 18.3 Å². The number of likely N-dealkylation sites (N-methyl/N-ethyl adjacent to an activating group) is 1. The second-order valence-corrected chi connectivity index (χ2v) is 5.50. The molecule has 0 bridgehead atoms. The van der Waals surface area contributed by atoms with Crippen molar-refractivity contribution in [3.63, 3.8) is 0 Å². The van der Waals surface area contributed by atoms with Crippen molar-refractivity contribution in [2.45, 2.75) is 18.8 Å². The third-order valence-electron chi connectivity index (χ3n) is 3.90. The molecule has 1 fully saturated rings. The third-order valence-corrected chi connectivity index (χ3v) is 3.90. The van der Waals surface area contributed by atoms with Gasteiger partial charge in [0.05, 0.1) is 12.5 Å². The fourth-order valence-corrected chi connectivity index (χ4v) is 2.76. The molecule has 1 aliphatic rings. The summed E-state index contributed by atoms with van der Waals surface area (Å²) in [6.45, 7) is 2.70. The number of nitrogens with two attached hydrogens (primary N) is 1. The van der Waals surface area contributed by atoms with Crippen LogP contribution in [0.4, 0.5) is 0 Å². The summed E-state index contributed by atoms with van der Waals surface area (Å²) in [5.74, 6) is 0.307. The highest BCUT2D eigenvalue weighted by atomic mass is 35.5. The zero-order chi connectivity index (χ0) is 14.4. The average molecular weight is 313 g/mol. The third kappa shape index (κ3) is 4.99. The van der Waals surface area contributed by atoms with E-state index >= 15 is 0 Å². The van der Waals surface area contributed by atoms with Crippen LogP contribution >= 0.6 is 12.4 Å². The molecular formula is C16H25ClN2O2. The van der Waals surface area contributed by atoms with Crippen LogP contribution in [-0.2, 0) is 9.53 Å². The van der Waals surface area contributed by atoms with Gasteiger partial charge in [-0.1, -0.05) is 30.3 Å². The van der Waals surface area contributed by atoms with E-state index in [4.69, 9.17) is 10.5 Å². The lowest BCUT2D eigenvalue weighted by Gasteiger charge is -2.29. The van der Waals surface area contributed by atoms with Gasteiger partial charge in [-0.15, -0.1) is 12.4 Å². The number of hydrogen-bond acceptors (Lipinski definition) is 3. The molecule has 2 unspecified atom stereocenters. The molecule has 1 amide bonds. The molecule has 118 valence electrons. The quantitative estimate of drug-likeness (QED) is 0.905. The first-order chi connectivity index (χ1) is 9.72. The molecule has 21 heavy (non-hydrogen) atoms. The molecule has 1 aliphatic heterocycles. The van der Waals surface area contributed by atoms with E-state index in [1.54, 1.807) is 0 Å². The van der Waals surface area contributed by atoms with E-state index in [2.05, 4.69) is 0 Å². The molecule has 1 aromatic rings. The maximum Gasteiger partial charge on any atom is 0.231 e. The number of amides is 1. The second kappa shape index (κ2) is 9.03. The maximum absolute atomic E-state index is 12.6. The number of carbonyl (C=O) groups excluding carboxylic acids is 1. The summed E-state index contributed by atoms with van der Waals surface area (Å²) in [7, 11) is 1.86. The van der Waals surface area contributed by atoms with Crippen molar-refractivity contribution in [2.24, 2.45) is 11.7 Å². The molecule has 4 nitrogen and oxygen atoms in total. The highest BCUT2D eigenvalue weighted by Crippen LogP contribution is 2.19. The van der Waals surface area contributed by atoms with Crippen molar-refractivity contribution in [1.82, 2.24) is 4.90 Å². The Morgan fingerprint density at radius 2 is 2.14 bits per heavy atom. The highest BCUT2D eigenvalue weighted by Gasteiger charge is 2.25. The van der Waals surface area contributed by atoms with Crippen LogP contribution in [0.3, 0.4) is 0 Å². The van der Waals surface area contributed by atoms with Crippen molar-refractivity contribution in [1.29, 1.82) is 0 Å². The maximum atomic E-state index is 12.6. The fourth-order valence-electron chi connectivity index (χ4n) is 2.76. The predicted molar refractivity (Wildman–Crippen MR) is 86.7 cm³/mol. The van der Waals surface area contributed by atoms with Crippen LogP contribution in [0.15, 0.2) is 30.3 Å². The minimum absolute atomic E-state index is 0. The first kappa shape index (κ1) is 18.0. The van der Waals surface area contributed by atoms with Gasteiger partial charge in [0.25, 0.3) is 0 Å². The number of carbonyl (C=O) groups is 1. The summed E-state index contributed by atoms with van der Waals surface area (Å²) < 4.78 is 5.47. The SMILES string of the molecule is CN(CC1CCCOC1)C(=O)C(CN)c1ccccc1.Cl. The molecule has 2 atom stereocenters. The molecule has 1 aromatic carbocycles. The minimum atomic E-state index is -0.245. The average Bonchev–Trinajstić information content (AvgIpc) is 2.50. The van der Waals surface area contributed by atoms with E-state index in [1.807, 2.05) is 42.3 Å². The molecule has 2 rings (SSSR count). The summed E-state index contributed by atoms with van der Waals surface area (Å²) in [5, 5.41) is 0. The lowest BCUT2D eigenvalue weighted by Crippen LogP contribution is -2.39. The molecule has 1 saturated heterocycles. The molecular weight excluding hydrogens is 288 g/mol. The first-order valence-electron chi connectivity index (χ1n) is 7.30. The van der Waals surface area contributed by atoms with Crippen molar-refractivity contribution in [3.05, 3.63) is 35.9 Å². The molecule has 2 N–H and O–H groups in total. The zero-order valence-electron chi connectivity index (χ0n) is 12.5. The molecule has 0 spiro atoms. The Balaban J connectivity index is 0.00000220. The number of hydrogen-bond donors (Lipinski definition) is 1. The van der Waals surface area contributed by atoms with E-state index in [0.29, 0.717) is 12.5 Å². The minimum Gasteiger partial charge on any atom is -0.381 e. The van der Waals surface area contributed by atoms with Crippen molar-refractivity contribution in [2.75, 3.05) is 33.4 Å². The van der Waals surface area contributed by atoms with Gasteiger partial charge >= 0.3 is 0 Å². The number of rotatable bonds is 5. The lowest BCUT2D eigenvalue weighted by atomic mass is 9.96. The number of halogens is 1.